The van der Waals surface area contributed by atoms with Gasteiger partial charge >= 0.3 is 35.4 Å². The number of carbonyl (C=O) groups is 6. The highest BCUT2D eigenvalue weighted by Gasteiger charge is 2.50. The number of aliphatic hydroxyl groups is 2. The van der Waals surface area contributed by atoms with Crippen LogP contribution in [0.5, 0.6) is 0 Å². The molecule has 1 aliphatic rings. The number of anilines is 1. The molecule has 0 radical (unpaired) electrons. The molecule has 338 valence electrons. The van der Waals surface area contributed by atoms with Crippen LogP contribution >= 0.6 is 35.2 Å². The number of hydrogen-bond acceptors (Lipinski definition) is 21. The fourth-order valence-corrected chi connectivity index (χ4v) is 7.96. The lowest BCUT2D eigenvalue weighted by Gasteiger charge is -2.30. The van der Waals surface area contributed by atoms with Gasteiger partial charge in [-0.1, -0.05) is 25.6 Å². The molecular weight excluding hydrogens is 899 g/mol. The number of fused-ring (bicyclic) bond motifs is 1. The maximum Gasteiger partial charge on any atom is 0.481 e. The Hall–Kier alpha value is -3.83. The third-order valence-corrected chi connectivity index (χ3v) is 11.3. The molecule has 2 amide bonds. The number of aliphatic carboxylic acids is 2. The molecule has 1 fully saturated rings. The van der Waals surface area contributed by atoms with E-state index in [2.05, 4.69) is 34.4 Å². The number of nitrogens with two attached hydrogens (primary N) is 1. The van der Waals surface area contributed by atoms with Gasteiger partial charge in [-0.2, -0.15) is 4.31 Å². The molecule has 0 aromatic carbocycles. The summed E-state index contributed by atoms with van der Waals surface area (Å²) in [5, 5.41) is 41.7. The van der Waals surface area contributed by atoms with Crippen molar-refractivity contribution in [3.05, 3.63) is 12.7 Å². The van der Waals surface area contributed by atoms with Crippen LogP contribution in [0.4, 0.5) is 5.82 Å². The van der Waals surface area contributed by atoms with E-state index in [9.17, 15) is 72.2 Å². The van der Waals surface area contributed by atoms with E-state index in [4.69, 9.17) is 29.7 Å². The Labute approximate surface area is 341 Å². The number of ketones is 1. The van der Waals surface area contributed by atoms with Crippen LogP contribution in [0.1, 0.15) is 39.8 Å². The van der Waals surface area contributed by atoms with Crippen molar-refractivity contribution >= 4 is 86.9 Å². The monoisotopic (exact) mass is 941 g/mol. The van der Waals surface area contributed by atoms with Crippen LogP contribution in [0.15, 0.2) is 12.7 Å². The van der Waals surface area contributed by atoms with Gasteiger partial charge in [0.25, 0.3) is 0 Å². The average molecular weight is 942 g/mol. The number of phosphoric ester groups is 3. The molecule has 3 heterocycles. The van der Waals surface area contributed by atoms with Crippen molar-refractivity contribution in [3.8, 4) is 0 Å². The number of hydrogen-bond donors (Lipinski definition) is 11. The van der Waals surface area contributed by atoms with Crippen molar-refractivity contribution in [2.45, 2.75) is 64.3 Å². The van der Waals surface area contributed by atoms with Crippen molar-refractivity contribution in [2.75, 3.05) is 37.8 Å². The topological polar surface area (TPSA) is 455 Å². The minimum absolute atomic E-state index is 0.0185. The molecule has 29 nitrogen and oxygen atoms in total. The van der Waals surface area contributed by atoms with Gasteiger partial charge in [0.2, 0.25) is 17.6 Å². The Morgan fingerprint density at radius 1 is 1.00 bits per heavy atom. The van der Waals surface area contributed by atoms with E-state index in [1.54, 1.807) is 0 Å². The minimum Gasteiger partial charge on any atom is -0.481 e. The standard InChI is InChI=1S/C24H38N7O19P3S.C3H4O3/c1-24(2,19(37)22(38)27-4-3-13(32)26-5-6-54-15(35)7-14(33)34)9-47-53(44,45)50-52(42,43)46-8-12-18(49-51(39,40)41)17(36)23(48-12)31-11-30-16-20(25)28-10-29-21(16)31;1-2(4)3(5)6/h10-12,17-19,23,36-37H,3-9H2,1-2H3,(H,26,32)(H,27,38)(H,33,34)(H,42,43)(H,44,45)(H2,25,28,29)(H2,39,40,41);1H3,(H,5,6)/t12-,17-,18-,19?,23-;/m1./s1. The Morgan fingerprint density at radius 3 is 2.20 bits per heavy atom. The van der Waals surface area contributed by atoms with Gasteiger partial charge in [0.15, 0.2) is 22.8 Å². The lowest BCUT2D eigenvalue weighted by Crippen LogP contribution is -2.46. The number of nitrogens with one attached hydrogen (secondary N) is 2. The summed E-state index contributed by atoms with van der Waals surface area (Å²) in [5.41, 5.74) is 4.19. The number of nitrogens with zero attached hydrogens (tertiary/aromatic N) is 4. The second kappa shape index (κ2) is 22.3. The number of thioether (sulfide) groups is 1. The summed E-state index contributed by atoms with van der Waals surface area (Å²) >= 11 is 0.718. The SMILES string of the molecule is CC(=O)C(=O)O.CC(C)(COP(=O)(O)OP(=O)(O)OC[C@H]1O[C@@H](n2cnc3c(N)ncnc32)[C@H](O)[C@@H]1OP(=O)(O)O)C(O)C(=O)NCCC(=O)NCCSC(=O)CC(=O)O. The number of nitrogen functional groups attached to an aromatic ring is 1. The number of aliphatic hydroxyl groups excluding tert-OH is 2. The van der Waals surface area contributed by atoms with Crippen LogP contribution < -0.4 is 16.4 Å². The number of carboxylic acid groups (broad SMARTS) is 2. The summed E-state index contributed by atoms with van der Waals surface area (Å²) in [5.74, 6) is -5.00. The predicted octanol–water partition coefficient (Wildman–Crippen LogP) is -2.20. The number of imidazole rings is 1. The molecule has 12 N–H and O–H groups in total. The van der Waals surface area contributed by atoms with E-state index in [0.29, 0.717) is 0 Å². The second-order valence-electron chi connectivity index (χ2n) is 12.7. The van der Waals surface area contributed by atoms with E-state index in [1.807, 2.05) is 0 Å². The molecule has 0 saturated carbocycles. The van der Waals surface area contributed by atoms with Crippen LogP contribution in [0.2, 0.25) is 0 Å². The summed E-state index contributed by atoms with van der Waals surface area (Å²) in [6.07, 6.45) is -7.78. The fourth-order valence-electron chi connectivity index (χ4n) is 4.47. The maximum absolute atomic E-state index is 12.6. The van der Waals surface area contributed by atoms with Crippen LogP contribution in [-0.4, -0.2) is 151 Å². The Morgan fingerprint density at radius 2 is 1.62 bits per heavy atom. The maximum atomic E-state index is 12.6. The van der Waals surface area contributed by atoms with E-state index in [-0.39, 0.29) is 42.2 Å². The summed E-state index contributed by atoms with van der Waals surface area (Å²) in [6, 6.07) is 0. The number of rotatable bonds is 22. The highest BCUT2D eigenvalue weighted by Crippen LogP contribution is 2.61. The lowest BCUT2D eigenvalue weighted by atomic mass is 9.87. The van der Waals surface area contributed by atoms with E-state index in [1.165, 1.54) is 13.8 Å². The summed E-state index contributed by atoms with van der Waals surface area (Å²) in [7, 11) is -16.4. The molecule has 2 aromatic heterocycles. The molecule has 0 spiro atoms. The predicted molar refractivity (Wildman–Crippen MR) is 198 cm³/mol. The van der Waals surface area contributed by atoms with Crippen molar-refractivity contribution < 1.29 is 105 Å². The first-order valence-corrected chi connectivity index (χ1v) is 22.1. The smallest absolute Gasteiger partial charge is 0.481 e. The van der Waals surface area contributed by atoms with Gasteiger partial charge in [-0.15, -0.1) is 0 Å². The van der Waals surface area contributed by atoms with Gasteiger partial charge in [0.05, 0.1) is 19.5 Å². The largest absolute Gasteiger partial charge is 0.481 e. The second-order valence-corrected chi connectivity index (χ2v) is 18.1. The summed E-state index contributed by atoms with van der Waals surface area (Å²) in [4.78, 5) is 116. The summed E-state index contributed by atoms with van der Waals surface area (Å²) < 4.78 is 61.8. The highest BCUT2D eigenvalue weighted by atomic mass is 32.2. The van der Waals surface area contributed by atoms with Crippen LogP contribution in [0.3, 0.4) is 0 Å². The first-order valence-electron chi connectivity index (χ1n) is 16.6. The van der Waals surface area contributed by atoms with E-state index in [0.717, 1.165) is 35.9 Å². The molecule has 1 saturated heterocycles. The number of phosphoric acid groups is 3. The van der Waals surface area contributed by atoms with Gasteiger partial charge in [-0.05, 0) is 0 Å². The third kappa shape index (κ3) is 17.3. The van der Waals surface area contributed by atoms with Gasteiger partial charge < -0.3 is 61.1 Å². The number of amides is 2. The average Bonchev–Trinajstić information content (AvgIpc) is 3.68. The van der Waals surface area contributed by atoms with Crippen molar-refractivity contribution in [1.82, 2.24) is 30.2 Å². The van der Waals surface area contributed by atoms with Crippen LogP contribution in [-0.2, 0) is 65.1 Å². The Balaban J connectivity index is 0.00000192. The molecule has 1 aliphatic heterocycles. The van der Waals surface area contributed by atoms with Crippen LogP contribution in [0, 0.1) is 5.41 Å². The Kier molecular flexibility index (Phi) is 19.5. The first-order chi connectivity index (χ1) is 27.6. The van der Waals surface area contributed by atoms with Crippen molar-refractivity contribution in [3.63, 3.8) is 0 Å². The number of Topliss-reactive ketones (excluding diaryl/α,β-unsaturated/α-hetero) is 1. The lowest BCUT2D eigenvalue weighted by molar-refractivity contribution is -0.148. The highest BCUT2D eigenvalue weighted by molar-refractivity contribution is 8.13. The quantitative estimate of drug-likeness (QED) is 0.0258. The fraction of sp³-hybridized carbons (Fsp3) is 0.593. The zero-order chi connectivity index (χ0) is 45.8. The van der Waals surface area contributed by atoms with E-state index < -0.39 is 114 Å². The first kappa shape index (κ1) is 52.3. The molecule has 3 unspecified atom stereocenters. The number of ether oxygens (including phenoxy) is 1. The number of carbonyl (C=O) groups excluding carboxylic acids is 4. The molecule has 0 bridgehead atoms. The van der Waals surface area contributed by atoms with Gasteiger partial charge in [-0.25, -0.2) is 33.4 Å². The van der Waals surface area contributed by atoms with Gasteiger partial charge in [0, 0.05) is 37.6 Å². The molecule has 33 heteroatoms. The van der Waals surface area contributed by atoms with E-state index >= 15 is 0 Å². The summed E-state index contributed by atoms with van der Waals surface area (Å²) in [6.45, 7) is 1.13. The molecule has 60 heavy (non-hydrogen) atoms. The van der Waals surface area contributed by atoms with Gasteiger partial charge in [-0.3, -0.25) is 42.1 Å². The zero-order valence-electron chi connectivity index (χ0n) is 31.4. The van der Waals surface area contributed by atoms with Crippen molar-refractivity contribution in [1.29, 1.82) is 0 Å². The van der Waals surface area contributed by atoms with Crippen LogP contribution in [0.25, 0.3) is 11.2 Å². The molecule has 3 rings (SSSR count). The minimum atomic E-state index is -5.59. The third-order valence-electron chi connectivity index (χ3n) is 7.36. The molecule has 7 atom stereocenters. The van der Waals surface area contributed by atoms with Gasteiger partial charge in [0.1, 0.15) is 42.7 Å². The molecule has 2 aromatic rings. The molecular formula is C27H42N7O22P3S. The number of carboxylic acids is 2. The zero-order valence-corrected chi connectivity index (χ0v) is 34.9. The van der Waals surface area contributed by atoms with Crippen molar-refractivity contribution in [2.24, 2.45) is 5.41 Å². The molecule has 0 aliphatic carbocycles. The normalized spacial score (nSPS) is 20.5. The number of aromatic nitrogens is 4. The Bertz CT molecular complexity index is 2020.